The third kappa shape index (κ3) is 6.40. The maximum atomic E-state index is 12.8. The number of carbonyl (C=O) groups excluding carboxylic acids is 1. The lowest BCUT2D eigenvalue weighted by Crippen LogP contribution is -2.65. The molecule has 22 heavy (non-hydrogen) atoms. The molecule has 3 atom stereocenters. The molecule has 0 aromatic rings. The highest BCUT2D eigenvalue weighted by Crippen LogP contribution is 2.07. The van der Waals surface area contributed by atoms with Crippen LogP contribution >= 0.6 is 0 Å². The van der Waals surface area contributed by atoms with E-state index >= 15 is 0 Å². The summed E-state index contributed by atoms with van der Waals surface area (Å²) in [6.45, 7) is 1.54. The van der Waals surface area contributed by atoms with Gasteiger partial charge in [-0.05, 0) is 27.1 Å². The van der Waals surface area contributed by atoms with Gasteiger partial charge in [0.05, 0.1) is 18.5 Å². The Balaban J connectivity index is 5.09. The first-order chi connectivity index (χ1) is 10.3. The molecule has 132 valence electrons. The fourth-order valence-corrected chi connectivity index (χ4v) is 1.99. The van der Waals surface area contributed by atoms with Gasteiger partial charge < -0.3 is 44.2 Å². The van der Waals surface area contributed by atoms with Crippen molar-refractivity contribution in [1.82, 2.24) is 14.7 Å². The van der Waals surface area contributed by atoms with E-state index < -0.39 is 24.5 Å². The van der Waals surface area contributed by atoms with Crippen LogP contribution in [-0.2, 0) is 0 Å². The molecule has 10 heteroatoms. The predicted octanol–water partition coefficient (Wildman–Crippen LogP) is -3.61. The molecule has 3 unspecified atom stereocenters. The van der Waals surface area contributed by atoms with Crippen LogP contribution in [0.1, 0.15) is 6.42 Å². The van der Waals surface area contributed by atoms with Gasteiger partial charge in [0, 0.05) is 26.2 Å². The molecule has 0 aromatic carbocycles. The lowest BCUT2D eigenvalue weighted by molar-refractivity contribution is 0.0984. The normalized spacial score (nSPS) is 15.5. The first-order valence-corrected chi connectivity index (χ1v) is 7.40. The van der Waals surface area contributed by atoms with E-state index in [1.54, 1.807) is 0 Å². The number of nitrogens with zero attached hydrogens (tertiary/aromatic N) is 3. The zero-order valence-corrected chi connectivity index (χ0v) is 13.7. The monoisotopic (exact) mass is 319 g/mol. The molecule has 12 N–H and O–H groups in total. The lowest BCUT2D eigenvalue weighted by Gasteiger charge is -2.39. The first-order valence-electron chi connectivity index (χ1n) is 7.40. The number of hydrogen-bond donors (Lipinski definition) is 6. The molecule has 0 rings (SSSR count). The Morgan fingerprint density at radius 2 is 1.32 bits per heavy atom. The standard InChI is InChI=1S/C12H33N9O/c1-19(2)4-3-5-20(9(16)6-13)12(22)21(10(17)7-14)11(18)8-15/h9-11H,3-8,13-18H2,1-2H3. The molecule has 0 bridgehead atoms. The Hall–Kier alpha value is -1.01. The molecule has 0 aliphatic heterocycles. The van der Waals surface area contributed by atoms with Crippen LogP contribution in [0, 0.1) is 0 Å². The summed E-state index contributed by atoms with van der Waals surface area (Å²) in [6, 6.07) is -0.396. The topological polar surface area (TPSA) is 183 Å². The highest BCUT2D eigenvalue weighted by Gasteiger charge is 2.31. The van der Waals surface area contributed by atoms with E-state index in [1.807, 2.05) is 19.0 Å². The van der Waals surface area contributed by atoms with Gasteiger partial charge in [0.15, 0.2) is 0 Å². The van der Waals surface area contributed by atoms with Crippen molar-refractivity contribution in [2.24, 2.45) is 34.4 Å². The molecule has 0 heterocycles. The van der Waals surface area contributed by atoms with Crippen LogP contribution in [0.5, 0.6) is 0 Å². The van der Waals surface area contributed by atoms with Crippen LogP contribution in [0.25, 0.3) is 0 Å². The van der Waals surface area contributed by atoms with Crippen LogP contribution in [-0.4, -0.2) is 86.0 Å². The van der Waals surface area contributed by atoms with E-state index in [9.17, 15) is 4.79 Å². The summed E-state index contributed by atoms with van der Waals surface area (Å²) in [7, 11) is 3.91. The number of rotatable bonds is 10. The molecule has 0 saturated carbocycles. The van der Waals surface area contributed by atoms with Gasteiger partial charge in [-0.2, -0.15) is 0 Å². The predicted molar refractivity (Wildman–Crippen MR) is 88.2 cm³/mol. The average molecular weight is 319 g/mol. The van der Waals surface area contributed by atoms with Gasteiger partial charge >= 0.3 is 6.03 Å². The minimum Gasteiger partial charge on any atom is -0.327 e. The van der Waals surface area contributed by atoms with Crippen molar-refractivity contribution < 1.29 is 4.79 Å². The van der Waals surface area contributed by atoms with Gasteiger partial charge in [0.1, 0.15) is 0 Å². The zero-order valence-electron chi connectivity index (χ0n) is 13.7. The summed E-state index contributed by atoms with van der Waals surface area (Å²) < 4.78 is 0. The molecular formula is C12H33N9O. The highest BCUT2D eigenvalue weighted by molar-refractivity contribution is 5.75. The van der Waals surface area contributed by atoms with E-state index in [-0.39, 0.29) is 19.6 Å². The third-order valence-electron chi connectivity index (χ3n) is 3.31. The van der Waals surface area contributed by atoms with Crippen molar-refractivity contribution in [2.45, 2.75) is 24.9 Å². The number of hydrogen-bond acceptors (Lipinski definition) is 8. The lowest BCUT2D eigenvalue weighted by atomic mass is 10.3. The second-order valence-electron chi connectivity index (χ2n) is 5.45. The van der Waals surface area contributed by atoms with Crippen LogP contribution in [0.2, 0.25) is 0 Å². The first kappa shape index (κ1) is 21.0. The Kier molecular flexibility index (Phi) is 10.2. The van der Waals surface area contributed by atoms with Gasteiger partial charge in [-0.15, -0.1) is 0 Å². The van der Waals surface area contributed by atoms with E-state index in [2.05, 4.69) is 0 Å². The number of nitrogens with two attached hydrogens (primary N) is 6. The van der Waals surface area contributed by atoms with Crippen LogP contribution in [0.15, 0.2) is 0 Å². The van der Waals surface area contributed by atoms with Crippen molar-refractivity contribution in [2.75, 3.05) is 46.8 Å². The SMILES string of the molecule is CN(C)CCCN(C(=O)N(C(N)CN)C(N)CN)C(N)CN. The summed E-state index contributed by atoms with van der Waals surface area (Å²) in [5.41, 5.74) is 34.4. The molecule has 2 amide bonds. The van der Waals surface area contributed by atoms with E-state index in [0.29, 0.717) is 6.54 Å². The number of amides is 2. The molecule has 0 saturated heterocycles. The Bertz CT molecular complexity index is 305. The molecule has 0 aromatic heterocycles. The summed E-state index contributed by atoms with van der Waals surface area (Å²) in [4.78, 5) is 17.5. The van der Waals surface area contributed by atoms with E-state index in [4.69, 9.17) is 34.4 Å². The maximum absolute atomic E-state index is 12.8. The number of carbonyl (C=O) groups is 1. The smallest absolute Gasteiger partial charge is 0.323 e. The third-order valence-corrected chi connectivity index (χ3v) is 3.31. The molecule has 10 nitrogen and oxygen atoms in total. The summed E-state index contributed by atoms with van der Waals surface area (Å²) in [5, 5.41) is 0. The van der Waals surface area contributed by atoms with Crippen LogP contribution in [0.4, 0.5) is 4.79 Å². The van der Waals surface area contributed by atoms with Crippen LogP contribution in [0.3, 0.4) is 0 Å². The molecule has 0 radical (unpaired) electrons. The molecule has 0 spiro atoms. The van der Waals surface area contributed by atoms with Crippen molar-refractivity contribution in [1.29, 1.82) is 0 Å². The van der Waals surface area contributed by atoms with Crippen LogP contribution < -0.4 is 34.4 Å². The second-order valence-corrected chi connectivity index (χ2v) is 5.45. The summed E-state index contributed by atoms with van der Waals surface area (Å²) >= 11 is 0. The molecule has 0 fully saturated rings. The van der Waals surface area contributed by atoms with Gasteiger partial charge in [-0.25, -0.2) is 4.79 Å². The minimum absolute atomic E-state index is 0.0723. The largest absolute Gasteiger partial charge is 0.327 e. The average Bonchev–Trinajstić information content (AvgIpc) is 2.49. The van der Waals surface area contributed by atoms with E-state index in [0.717, 1.165) is 13.0 Å². The summed E-state index contributed by atoms with van der Waals surface area (Å²) in [6.07, 6.45) is -1.33. The fraction of sp³-hybridized carbons (Fsp3) is 0.917. The molecule has 0 aliphatic rings. The fourth-order valence-electron chi connectivity index (χ4n) is 1.99. The Morgan fingerprint density at radius 1 is 0.864 bits per heavy atom. The minimum atomic E-state index is -0.729. The Labute approximate surface area is 132 Å². The van der Waals surface area contributed by atoms with Gasteiger partial charge in [0.2, 0.25) is 0 Å². The number of urea groups is 1. The van der Waals surface area contributed by atoms with Crippen molar-refractivity contribution in [3.63, 3.8) is 0 Å². The van der Waals surface area contributed by atoms with Gasteiger partial charge in [0.25, 0.3) is 0 Å². The maximum Gasteiger partial charge on any atom is 0.323 e. The molecule has 0 aliphatic carbocycles. The second kappa shape index (κ2) is 10.7. The quantitative estimate of drug-likeness (QED) is 0.223. The van der Waals surface area contributed by atoms with E-state index in [1.165, 1.54) is 9.80 Å². The highest BCUT2D eigenvalue weighted by atomic mass is 16.2. The van der Waals surface area contributed by atoms with Crippen molar-refractivity contribution in [3.8, 4) is 0 Å². The van der Waals surface area contributed by atoms with Crippen molar-refractivity contribution in [3.05, 3.63) is 0 Å². The van der Waals surface area contributed by atoms with Gasteiger partial charge in [-0.1, -0.05) is 0 Å². The summed E-state index contributed by atoms with van der Waals surface area (Å²) in [5.74, 6) is 0. The van der Waals surface area contributed by atoms with Crippen molar-refractivity contribution >= 4 is 6.03 Å². The Morgan fingerprint density at radius 3 is 1.68 bits per heavy atom. The van der Waals surface area contributed by atoms with Gasteiger partial charge in [-0.3, -0.25) is 4.90 Å². The molecular weight excluding hydrogens is 286 g/mol. The zero-order chi connectivity index (χ0) is 17.3.